The fraction of sp³-hybridized carbons (Fsp3) is 0.364. The molecule has 1 aromatic carbocycles. The van der Waals surface area contributed by atoms with Gasteiger partial charge in [-0.2, -0.15) is 13.2 Å². The Morgan fingerprint density at radius 2 is 2.00 bits per heavy atom. The summed E-state index contributed by atoms with van der Waals surface area (Å²) in [5, 5.41) is 0.786. The van der Waals surface area contributed by atoms with Crippen LogP contribution in [0.2, 0.25) is 0 Å². The summed E-state index contributed by atoms with van der Waals surface area (Å²) in [5.41, 5.74) is -1.09. The van der Waals surface area contributed by atoms with Gasteiger partial charge in [0.15, 0.2) is 0 Å². The van der Waals surface area contributed by atoms with Gasteiger partial charge in [0.2, 0.25) is 10.0 Å². The number of alkyl halides is 3. The number of carbonyl (C=O) groups excluding carboxylic acids is 1. The van der Waals surface area contributed by atoms with Gasteiger partial charge in [-0.15, -0.1) is 0 Å². The highest BCUT2D eigenvalue weighted by molar-refractivity contribution is 7.89. The van der Waals surface area contributed by atoms with Crippen LogP contribution in [0.25, 0.3) is 0 Å². The van der Waals surface area contributed by atoms with E-state index in [1.54, 1.807) is 0 Å². The Morgan fingerprint density at radius 3 is 2.52 bits per heavy atom. The van der Waals surface area contributed by atoms with E-state index in [0.29, 0.717) is 6.07 Å². The summed E-state index contributed by atoms with van der Waals surface area (Å²) in [6, 6.07) is 3.22. The van der Waals surface area contributed by atoms with Gasteiger partial charge in [0, 0.05) is 7.05 Å². The first kappa shape index (κ1) is 17.4. The molecule has 0 aliphatic heterocycles. The molecule has 0 fully saturated rings. The maximum absolute atomic E-state index is 12.5. The highest BCUT2D eigenvalue weighted by Gasteiger charge is 2.31. The first-order valence-corrected chi connectivity index (χ1v) is 7.04. The Kier molecular flexibility index (Phi) is 5.31. The number of halogens is 3. The Hall–Kier alpha value is -1.65. The Bertz CT molecular complexity index is 616. The van der Waals surface area contributed by atoms with E-state index >= 15 is 0 Å². The molecule has 0 saturated heterocycles. The van der Waals surface area contributed by atoms with Crippen LogP contribution >= 0.6 is 0 Å². The summed E-state index contributed by atoms with van der Waals surface area (Å²) >= 11 is 0. The van der Waals surface area contributed by atoms with E-state index in [0.717, 1.165) is 23.3 Å². The summed E-state index contributed by atoms with van der Waals surface area (Å²) in [5.74, 6) is -0.701. The molecule has 1 N–H and O–H groups in total. The van der Waals surface area contributed by atoms with Crippen molar-refractivity contribution in [3.63, 3.8) is 0 Å². The molecular weight excluding hydrogens is 313 g/mol. The number of rotatable bonds is 5. The molecule has 6 nitrogen and oxygen atoms in total. The normalized spacial score (nSPS) is 12.2. The Balaban J connectivity index is 2.91. The van der Waals surface area contributed by atoms with E-state index in [-0.39, 0.29) is 0 Å². The zero-order chi connectivity index (χ0) is 16.3. The smallest absolute Gasteiger partial charge is 0.275 e. The SMILES string of the molecule is CON(C)C(=O)CNS(=O)(=O)c1cccc(C(F)(F)F)c1. The molecule has 0 aliphatic rings. The Labute approximate surface area is 119 Å². The molecule has 1 aromatic rings. The van der Waals surface area contributed by atoms with Crippen molar-refractivity contribution in [2.45, 2.75) is 11.1 Å². The predicted molar refractivity (Wildman–Crippen MR) is 66.4 cm³/mol. The van der Waals surface area contributed by atoms with Crippen LogP contribution in [0.5, 0.6) is 0 Å². The summed E-state index contributed by atoms with van der Waals surface area (Å²) < 4.78 is 63.2. The second-order valence-corrected chi connectivity index (χ2v) is 5.69. The van der Waals surface area contributed by atoms with E-state index < -0.39 is 39.1 Å². The van der Waals surface area contributed by atoms with Crippen LogP contribution in [-0.2, 0) is 25.8 Å². The number of nitrogens with zero attached hydrogens (tertiary/aromatic N) is 1. The molecule has 1 amide bonds. The molecule has 10 heteroatoms. The summed E-state index contributed by atoms with van der Waals surface area (Å²) in [4.78, 5) is 15.3. The number of likely N-dealkylation sites (N-methyl/N-ethyl adjacent to an activating group) is 1. The third kappa shape index (κ3) is 4.69. The number of nitrogens with one attached hydrogen (secondary N) is 1. The van der Waals surface area contributed by atoms with E-state index in [9.17, 15) is 26.4 Å². The van der Waals surface area contributed by atoms with Crippen molar-refractivity contribution in [3.8, 4) is 0 Å². The summed E-state index contributed by atoms with van der Waals surface area (Å²) in [6.07, 6.45) is -4.66. The molecule has 0 aliphatic carbocycles. The molecule has 0 saturated carbocycles. The lowest BCUT2D eigenvalue weighted by Gasteiger charge is -2.14. The number of hydroxylamine groups is 2. The minimum absolute atomic E-state index is 0.493. The molecule has 1 rings (SSSR count). The van der Waals surface area contributed by atoms with Gasteiger partial charge in [-0.25, -0.2) is 18.2 Å². The largest absolute Gasteiger partial charge is 0.416 e. The minimum atomic E-state index is -4.66. The quantitative estimate of drug-likeness (QED) is 0.819. The number of sulfonamides is 1. The van der Waals surface area contributed by atoms with E-state index in [4.69, 9.17) is 0 Å². The van der Waals surface area contributed by atoms with Gasteiger partial charge < -0.3 is 0 Å². The average Bonchev–Trinajstić information content (AvgIpc) is 2.43. The molecule has 0 spiro atoms. The lowest BCUT2D eigenvalue weighted by atomic mass is 10.2. The first-order chi connectivity index (χ1) is 9.58. The zero-order valence-electron chi connectivity index (χ0n) is 11.1. The van der Waals surface area contributed by atoms with E-state index in [2.05, 4.69) is 4.84 Å². The first-order valence-electron chi connectivity index (χ1n) is 5.55. The summed E-state index contributed by atoms with van der Waals surface area (Å²) in [7, 11) is -1.76. The monoisotopic (exact) mass is 326 g/mol. The number of benzene rings is 1. The molecule has 0 radical (unpaired) electrons. The molecule has 0 aromatic heterocycles. The van der Waals surface area contributed by atoms with Crippen molar-refractivity contribution in [2.24, 2.45) is 0 Å². The molecule has 21 heavy (non-hydrogen) atoms. The van der Waals surface area contributed by atoms with Crippen LogP contribution < -0.4 is 4.72 Å². The molecule has 0 bridgehead atoms. The van der Waals surface area contributed by atoms with Crippen LogP contribution in [0.15, 0.2) is 29.2 Å². The number of hydrogen-bond acceptors (Lipinski definition) is 4. The maximum Gasteiger partial charge on any atom is 0.416 e. The number of carbonyl (C=O) groups is 1. The molecular formula is C11H13F3N2O4S. The van der Waals surface area contributed by atoms with Gasteiger partial charge in [0.05, 0.1) is 24.1 Å². The van der Waals surface area contributed by atoms with Crippen molar-refractivity contribution in [1.29, 1.82) is 0 Å². The predicted octanol–water partition coefficient (Wildman–Crippen LogP) is 1.00. The maximum atomic E-state index is 12.5. The van der Waals surface area contributed by atoms with Crippen LogP contribution in [0.1, 0.15) is 5.56 Å². The van der Waals surface area contributed by atoms with Crippen molar-refractivity contribution in [1.82, 2.24) is 9.79 Å². The van der Waals surface area contributed by atoms with Crippen molar-refractivity contribution in [2.75, 3.05) is 20.7 Å². The van der Waals surface area contributed by atoms with Gasteiger partial charge in [-0.3, -0.25) is 9.63 Å². The fourth-order valence-corrected chi connectivity index (χ4v) is 2.31. The fourth-order valence-electron chi connectivity index (χ4n) is 1.29. The van der Waals surface area contributed by atoms with Crippen LogP contribution in [0.3, 0.4) is 0 Å². The van der Waals surface area contributed by atoms with Crippen molar-refractivity contribution >= 4 is 15.9 Å². The van der Waals surface area contributed by atoms with Gasteiger partial charge >= 0.3 is 6.18 Å². The zero-order valence-corrected chi connectivity index (χ0v) is 12.0. The van der Waals surface area contributed by atoms with Gasteiger partial charge in [0.1, 0.15) is 0 Å². The third-order valence-electron chi connectivity index (χ3n) is 2.51. The molecule has 0 atom stereocenters. The van der Waals surface area contributed by atoms with Crippen LogP contribution in [0.4, 0.5) is 13.2 Å². The van der Waals surface area contributed by atoms with Crippen LogP contribution in [0, 0.1) is 0 Å². The topological polar surface area (TPSA) is 75.7 Å². The van der Waals surface area contributed by atoms with Gasteiger partial charge in [0.25, 0.3) is 5.91 Å². The minimum Gasteiger partial charge on any atom is -0.275 e. The average molecular weight is 326 g/mol. The van der Waals surface area contributed by atoms with E-state index in [1.165, 1.54) is 14.2 Å². The Morgan fingerprint density at radius 1 is 1.38 bits per heavy atom. The number of hydrogen-bond donors (Lipinski definition) is 1. The lowest BCUT2D eigenvalue weighted by molar-refractivity contribution is -0.167. The lowest BCUT2D eigenvalue weighted by Crippen LogP contribution is -2.37. The molecule has 0 unspecified atom stereocenters. The summed E-state index contributed by atoms with van der Waals surface area (Å²) in [6.45, 7) is -0.636. The van der Waals surface area contributed by atoms with E-state index in [1.807, 2.05) is 4.72 Å². The highest BCUT2D eigenvalue weighted by Crippen LogP contribution is 2.30. The molecule has 118 valence electrons. The van der Waals surface area contributed by atoms with Crippen molar-refractivity contribution < 1.29 is 31.2 Å². The number of amides is 1. The van der Waals surface area contributed by atoms with Gasteiger partial charge in [-0.1, -0.05) is 6.07 Å². The third-order valence-corrected chi connectivity index (χ3v) is 3.91. The van der Waals surface area contributed by atoms with Crippen LogP contribution in [-0.4, -0.2) is 40.1 Å². The van der Waals surface area contributed by atoms with Crippen molar-refractivity contribution in [3.05, 3.63) is 29.8 Å². The highest BCUT2D eigenvalue weighted by atomic mass is 32.2. The second-order valence-electron chi connectivity index (χ2n) is 3.92. The second kappa shape index (κ2) is 6.41. The standard InChI is InChI=1S/C11H13F3N2O4S/c1-16(20-2)10(17)7-15-21(18,19)9-5-3-4-8(6-9)11(12,13)14/h3-6,15H,7H2,1-2H3. The molecule has 0 heterocycles. The van der Waals surface area contributed by atoms with Gasteiger partial charge in [-0.05, 0) is 18.2 Å².